The molecule has 0 N–H and O–H groups in total. The molecule has 0 unspecified atom stereocenters. The van der Waals surface area contributed by atoms with Crippen molar-refractivity contribution in [3.05, 3.63) is 59.7 Å². The van der Waals surface area contributed by atoms with Gasteiger partial charge in [0.05, 0.1) is 20.2 Å². The van der Waals surface area contributed by atoms with Crippen LogP contribution in [0.3, 0.4) is 0 Å². The zero-order chi connectivity index (χ0) is 18.9. The van der Waals surface area contributed by atoms with E-state index < -0.39 is 10.0 Å². The van der Waals surface area contributed by atoms with Gasteiger partial charge in [-0.25, -0.2) is 12.7 Å². The Labute approximate surface area is 155 Å². The maximum atomic E-state index is 13.4. The Morgan fingerprint density at radius 1 is 1.08 bits per heavy atom. The molecule has 1 aliphatic heterocycles. The lowest BCUT2D eigenvalue weighted by Gasteiger charge is -2.24. The fraction of sp³-hybridized carbons (Fsp3) is 0.350. The zero-order valence-corrected chi connectivity index (χ0v) is 16.4. The van der Waals surface area contributed by atoms with Gasteiger partial charge in [-0.2, -0.15) is 0 Å². The van der Waals surface area contributed by atoms with Crippen LogP contribution in [0, 0.1) is 0 Å². The van der Waals surface area contributed by atoms with Crippen molar-refractivity contribution >= 4 is 15.9 Å². The average Bonchev–Trinajstić information content (AvgIpc) is 3.12. The lowest BCUT2D eigenvalue weighted by Crippen LogP contribution is -2.35. The topological polar surface area (TPSA) is 59.0 Å². The average molecular weight is 372 g/mol. The van der Waals surface area contributed by atoms with Gasteiger partial charge in [0.2, 0.25) is 0 Å². The summed E-state index contributed by atoms with van der Waals surface area (Å²) >= 11 is 0. The number of sulfonamides is 1. The molecule has 0 aliphatic carbocycles. The van der Waals surface area contributed by atoms with Gasteiger partial charge in [0.15, 0.2) is 0 Å². The van der Waals surface area contributed by atoms with E-state index in [0.29, 0.717) is 24.7 Å². The molecule has 0 saturated carbocycles. The van der Waals surface area contributed by atoms with E-state index in [4.69, 9.17) is 4.74 Å². The summed E-state index contributed by atoms with van der Waals surface area (Å²) in [5.74, 6) is 0.825. The van der Waals surface area contributed by atoms with Gasteiger partial charge < -0.3 is 4.74 Å². The maximum absolute atomic E-state index is 13.4. The Morgan fingerprint density at radius 3 is 2.38 bits per heavy atom. The molecule has 0 spiro atoms. The van der Waals surface area contributed by atoms with Crippen LogP contribution in [-0.2, 0) is 15.4 Å². The van der Waals surface area contributed by atoms with Gasteiger partial charge in [-0.15, -0.1) is 0 Å². The summed E-state index contributed by atoms with van der Waals surface area (Å²) in [6.07, 6.45) is 0. The molecule has 1 aliphatic rings. The number of hydrogen-bond donors (Lipinski definition) is 0. The van der Waals surface area contributed by atoms with Gasteiger partial charge in [-0.1, -0.05) is 57.2 Å². The fourth-order valence-electron chi connectivity index (χ4n) is 2.95. The predicted molar refractivity (Wildman–Crippen MR) is 103 cm³/mol. The Kier molecular flexibility index (Phi) is 4.80. The van der Waals surface area contributed by atoms with Gasteiger partial charge in [-0.05, 0) is 23.1 Å². The second-order valence-electron chi connectivity index (χ2n) is 7.26. The Balaban J connectivity index is 2.10. The summed E-state index contributed by atoms with van der Waals surface area (Å²) in [6, 6.07) is 14.7. The summed E-state index contributed by atoms with van der Waals surface area (Å²) in [7, 11) is -2.30. The molecule has 0 fully saturated rings. The quantitative estimate of drug-likeness (QED) is 0.826. The fourth-order valence-corrected chi connectivity index (χ4v) is 4.58. The normalized spacial score (nSPS) is 15.1. The van der Waals surface area contributed by atoms with Crippen LogP contribution in [0.5, 0.6) is 5.75 Å². The number of rotatable bonds is 4. The molecule has 6 heteroatoms. The molecule has 0 aromatic heterocycles. The molecule has 2 aromatic rings. The second-order valence-corrected chi connectivity index (χ2v) is 9.09. The first-order chi connectivity index (χ1) is 12.2. The van der Waals surface area contributed by atoms with Gasteiger partial charge in [0.1, 0.15) is 16.5 Å². The number of methoxy groups -OCH3 is 1. The van der Waals surface area contributed by atoms with Gasteiger partial charge >= 0.3 is 0 Å². The monoisotopic (exact) mass is 372 g/mol. The largest absolute Gasteiger partial charge is 0.495 e. The van der Waals surface area contributed by atoms with Crippen molar-refractivity contribution in [3.8, 4) is 5.75 Å². The first-order valence-corrected chi connectivity index (χ1v) is 10.0. The standard InChI is InChI=1S/C20H24N2O3S/c1-20(2,3)16-10-11-17(25-4)18(14-16)26(23,24)22-13-12-21-19(22)15-8-6-5-7-9-15/h5-11,14H,12-13H2,1-4H3. The Morgan fingerprint density at radius 2 is 1.77 bits per heavy atom. The van der Waals surface area contributed by atoms with E-state index in [-0.39, 0.29) is 10.3 Å². The first kappa shape index (κ1) is 18.5. The number of hydrogen-bond acceptors (Lipinski definition) is 4. The molecule has 0 bridgehead atoms. The van der Waals surface area contributed by atoms with Crippen molar-refractivity contribution in [2.75, 3.05) is 20.2 Å². The molecular weight excluding hydrogens is 348 g/mol. The van der Waals surface area contributed by atoms with E-state index >= 15 is 0 Å². The first-order valence-electron chi connectivity index (χ1n) is 8.56. The summed E-state index contributed by atoms with van der Waals surface area (Å²) in [5.41, 5.74) is 1.56. The summed E-state index contributed by atoms with van der Waals surface area (Å²) in [5, 5.41) is 0. The minimum Gasteiger partial charge on any atom is -0.495 e. The second kappa shape index (κ2) is 6.76. The molecule has 5 nitrogen and oxygen atoms in total. The minimum absolute atomic E-state index is 0.169. The number of ether oxygens (including phenoxy) is 1. The van der Waals surface area contributed by atoms with E-state index in [0.717, 1.165) is 11.1 Å². The molecule has 2 aromatic carbocycles. The highest BCUT2D eigenvalue weighted by molar-refractivity contribution is 7.89. The Bertz CT molecular complexity index is 929. The van der Waals surface area contributed by atoms with Crippen LogP contribution in [-0.4, -0.2) is 38.8 Å². The highest BCUT2D eigenvalue weighted by Crippen LogP contribution is 2.33. The highest BCUT2D eigenvalue weighted by atomic mass is 32.2. The number of benzene rings is 2. The third-order valence-corrected chi connectivity index (χ3v) is 6.24. The minimum atomic E-state index is -3.78. The van der Waals surface area contributed by atoms with E-state index in [2.05, 4.69) is 25.8 Å². The van der Waals surface area contributed by atoms with Gasteiger partial charge in [0.25, 0.3) is 10.0 Å². The Hall–Kier alpha value is -2.34. The number of aliphatic imine (C=N–C) groups is 1. The van der Waals surface area contributed by atoms with E-state index in [1.165, 1.54) is 11.4 Å². The predicted octanol–water partition coefficient (Wildman–Crippen LogP) is 3.44. The molecule has 0 radical (unpaired) electrons. The SMILES string of the molecule is COc1ccc(C(C)(C)C)cc1S(=O)(=O)N1CCN=C1c1ccccc1. The summed E-state index contributed by atoms with van der Waals surface area (Å²) < 4.78 is 33.6. The van der Waals surface area contributed by atoms with Crippen LogP contribution in [0.15, 0.2) is 58.4 Å². The van der Waals surface area contributed by atoms with Crippen LogP contribution >= 0.6 is 0 Å². The summed E-state index contributed by atoms with van der Waals surface area (Å²) in [4.78, 5) is 4.61. The molecular formula is C20H24N2O3S. The lowest BCUT2D eigenvalue weighted by atomic mass is 9.87. The molecule has 3 rings (SSSR count). The van der Waals surface area contributed by atoms with E-state index in [1.807, 2.05) is 36.4 Å². The van der Waals surface area contributed by atoms with Crippen molar-refractivity contribution in [3.63, 3.8) is 0 Å². The van der Waals surface area contributed by atoms with Crippen molar-refractivity contribution in [1.82, 2.24) is 4.31 Å². The van der Waals surface area contributed by atoms with Crippen molar-refractivity contribution in [2.24, 2.45) is 4.99 Å². The maximum Gasteiger partial charge on any atom is 0.269 e. The lowest BCUT2D eigenvalue weighted by molar-refractivity contribution is 0.400. The zero-order valence-electron chi connectivity index (χ0n) is 15.6. The molecule has 1 heterocycles. The molecule has 0 amide bonds. The molecule has 0 atom stereocenters. The van der Waals surface area contributed by atoms with Gasteiger partial charge in [0, 0.05) is 5.56 Å². The van der Waals surface area contributed by atoms with E-state index in [9.17, 15) is 8.42 Å². The van der Waals surface area contributed by atoms with Crippen LogP contribution in [0.2, 0.25) is 0 Å². The van der Waals surface area contributed by atoms with Crippen molar-refractivity contribution in [2.45, 2.75) is 31.1 Å². The molecule has 26 heavy (non-hydrogen) atoms. The van der Waals surface area contributed by atoms with Crippen LogP contribution < -0.4 is 4.74 Å². The molecule has 138 valence electrons. The number of amidine groups is 1. The highest BCUT2D eigenvalue weighted by Gasteiger charge is 2.34. The van der Waals surface area contributed by atoms with E-state index in [1.54, 1.807) is 12.1 Å². The number of nitrogens with zero attached hydrogens (tertiary/aromatic N) is 2. The van der Waals surface area contributed by atoms with Crippen LogP contribution in [0.1, 0.15) is 31.9 Å². The van der Waals surface area contributed by atoms with Crippen molar-refractivity contribution in [1.29, 1.82) is 0 Å². The van der Waals surface area contributed by atoms with Crippen molar-refractivity contribution < 1.29 is 13.2 Å². The summed E-state index contributed by atoms with van der Waals surface area (Å²) in [6.45, 7) is 6.94. The van der Waals surface area contributed by atoms with Crippen LogP contribution in [0.25, 0.3) is 0 Å². The third-order valence-electron chi connectivity index (χ3n) is 4.43. The van der Waals surface area contributed by atoms with Gasteiger partial charge in [-0.3, -0.25) is 4.99 Å². The third kappa shape index (κ3) is 3.33. The molecule has 0 saturated heterocycles. The smallest absolute Gasteiger partial charge is 0.269 e. The van der Waals surface area contributed by atoms with Crippen LogP contribution in [0.4, 0.5) is 0 Å².